The number of aromatic nitrogens is 3. The number of thioether (sulfide) groups is 1. The molecule has 3 rings (SSSR count). The zero-order chi connectivity index (χ0) is 20.6. The molecule has 150 valence electrons. The molecule has 0 spiro atoms. The Morgan fingerprint density at radius 3 is 2.38 bits per heavy atom. The van der Waals surface area contributed by atoms with Crippen LogP contribution >= 0.6 is 11.8 Å². The van der Waals surface area contributed by atoms with E-state index in [1.54, 1.807) is 11.8 Å². The van der Waals surface area contributed by atoms with Crippen LogP contribution in [0.15, 0.2) is 78.5 Å². The van der Waals surface area contributed by atoms with E-state index in [-0.39, 0.29) is 17.9 Å². The number of nitrogens with zero attached hydrogens (tertiary/aromatic N) is 3. The lowest BCUT2D eigenvalue weighted by atomic mass is 10.0. The molecule has 0 radical (unpaired) electrons. The van der Waals surface area contributed by atoms with Gasteiger partial charge >= 0.3 is 0 Å². The van der Waals surface area contributed by atoms with Gasteiger partial charge in [0, 0.05) is 17.9 Å². The molecule has 3 aromatic rings. The molecular weight excluding hydrogens is 380 g/mol. The molecule has 0 bridgehead atoms. The minimum absolute atomic E-state index is 0.115. The first-order valence-corrected chi connectivity index (χ1v) is 10.6. The number of carbonyl (C=O) groups excluding carboxylic acids is 1. The molecule has 0 aliphatic carbocycles. The van der Waals surface area contributed by atoms with Gasteiger partial charge in [-0.25, -0.2) is 0 Å². The number of hydrogen-bond acceptors (Lipinski definition) is 4. The van der Waals surface area contributed by atoms with Crippen molar-refractivity contribution in [3.05, 3.63) is 90.3 Å². The maximum atomic E-state index is 12.7. The normalized spacial score (nSPS) is 12.0. The minimum atomic E-state index is -0.249. The highest BCUT2D eigenvalue weighted by Crippen LogP contribution is 2.27. The first kappa shape index (κ1) is 20.9. The maximum Gasteiger partial charge on any atom is 0.251 e. The Morgan fingerprint density at radius 2 is 1.76 bits per heavy atom. The summed E-state index contributed by atoms with van der Waals surface area (Å²) in [5, 5.41) is 12.8. The lowest BCUT2D eigenvalue weighted by Gasteiger charge is -2.22. The smallest absolute Gasteiger partial charge is 0.251 e. The maximum absolute atomic E-state index is 12.7. The number of amides is 1. The second-order valence-electron chi connectivity index (χ2n) is 7.08. The second kappa shape index (κ2) is 10.1. The molecule has 6 heteroatoms. The Balaban J connectivity index is 1.83. The molecule has 29 heavy (non-hydrogen) atoms. The zero-order valence-corrected chi connectivity index (χ0v) is 17.6. The summed E-state index contributed by atoms with van der Waals surface area (Å²) in [7, 11) is 0. The fourth-order valence-electron chi connectivity index (χ4n) is 3.00. The molecule has 1 amide bonds. The molecule has 1 aromatic heterocycles. The summed E-state index contributed by atoms with van der Waals surface area (Å²) in [5.74, 6) is 1.59. The summed E-state index contributed by atoms with van der Waals surface area (Å²) in [6.07, 6.45) is 1.83. The number of allylic oxidation sites excluding steroid dienone is 1. The third-order valence-electron chi connectivity index (χ3n) is 4.54. The van der Waals surface area contributed by atoms with Gasteiger partial charge in [-0.2, -0.15) is 0 Å². The lowest BCUT2D eigenvalue weighted by Crippen LogP contribution is -2.33. The molecule has 0 aliphatic heterocycles. The predicted octanol–water partition coefficient (Wildman–Crippen LogP) is 4.88. The summed E-state index contributed by atoms with van der Waals surface area (Å²) < 4.78 is 2.04. The molecule has 1 atom stereocenters. The van der Waals surface area contributed by atoms with Gasteiger partial charge in [0.2, 0.25) is 0 Å². The van der Waals surface area contributed by atoms with Crippen LogP contribution in [0.5, 0.6) is 0 Å². The van der Waals surface area contributed by atoms with Gasteiger partial charge in [0.25, 0.3) is 5.91 Å². The van der Waals surface area contributed by atoms with E-state index in [0.717, 1.165) is 16.7 Å². The Bertz CT molecular complexity index is 938. The van der Waals surface area contributed by atoms with E-state index in [4.69, 9.17) is 0 Å². The van der Waals surface area contributed by atoms with Crippen LogP contribution in [0, 0.1) is 5.92 Å². The molecule has 0 saturated heterocycles. The van der Waals surface area contributed by atoms with Crippen molar-refractivity contribution < 1.29 is 4.79 Å². The third-order valence-corrected chi connectivity index (χ3v) is 5.57. The largest absolute Gasteiger partial charge is 0.342 e. The van der Waals surface area contributed by atoms with Crippen molar-refractivity contribution in [1.29, 1.82) is 0 Å². The number of hydrogen-bond donors (Lipinski definition) is 1. The van der Waals surface area contributed by atoms with E-state index in [2.05, 4.69) is 48.1 Å². The number of carbonyl (C=O) groups is 1. The van der Waals surface area contributed by atoms with Crippen LogP contribution < -0.4 is 5.32 Å². The molecular formula is C23H26N4OS. The van der Waals surface area contributed by atoms with E-state index in [0.29, 0.717) is 12.1 Å². The standard InChI is InChI=1S/C23H26N4OS/c1-4-15-27-21(25-26-23(27)29-16-18-11-7-5-8-12-18)20(17(2)3)24-22(28)19-13-9-6-10-14-19/h4-14,17,20H,1,15-16H2,2-3H3,(H,24,28). The van der Waals surface area contributed by atoms with Crippen LogP contribution in [0.4, 0.5) is 0 Å². The molecule has 2 aromatic carbocycles. The zero-order valence-electron chi connectivity index (χ0n) is 16.8. The fourth-order valence-corrected chi connectivity index (χ4v) is 3.91. The van der Waals surface area contributed by atoms with E-state index in [1.165, 1.54) is 5.56 Å². The Hall–Kier alpha value is -2.86. The van der Waals surface area contributed by atoms with Gasteiger partial charge in [0.15, 0.2) is 11.0 Å². The van der Waals surface area contributed by atoms with Crippen molar-refractivity contribution in [2.75, 3.05) is 0 Å². The lowest BCUT2D eigenvalue weighted by molar-refractivity contribution is 0.0922. The number of benzene rings is 2. The van der Waals surface area contributed by atoms with E-state index >= 15 is 0 Å². The third kappa shape index (κ3) is 5.35. The van der Waals surface area contributed by atoms with Gasteiger partial charge in [-0.3, -0.25) is 4.79 Å². The van der Waals surface area contributed by atoms with E-state index in [1.807, 2.05) is 59.2 Å². The first-order chi connectivity index (χ1) is 14.1. The van der Waals surface area contributed by atoms with Crippen LogP contribution in [0.2, 0.25) is 0 Å². The number of rotatable bonds is 9. The molecule has 0 aliphatic rings. The van der Waals surface area contributed by atoms with Crippen LogP contribution in [0.1, 0.15) is 41.6 Å². The second-order valence-corrected chi connectivity index (χ2v) is 8.02. The Labute approximate surface area is 176 Å². The van der Waals surface area contributed by atoms with Gasteiger partial charge < -0.3 is 9.88 Å². The summed E-state index contributed by atoms with van der Waals surface area (Å²) in [6, 6.07) is 19.2. The Morgan fingerprint density at radius 1 is 1.10 bits per heavy atom. The summed E-state index contributed by atoms with van der Waals surface area (Å²) in [5.41, 5.74) is 1.86. The van der Waals surface area contributed by atoms with Crippen molar-refractivity contribution in [1.82, 2.24) is 20.1 Å². The Kier molecular flexibility index (Phi) is 7.25. The van der Waals surface area contributed by atoms with Gasteiger partial charge in [-0.05, 0) is 23.6 Å². The summed E-state index contributed by atoms with van der Waals surface area (Å²) >= 11 is 1.63. The van der Waals surface area contributed by atoms with Crippen molar-refractivity contribution in [3.63, 3.8) is 0 Å². The number of nitrogens with one attached hydrogen (secondary N) is 1. The van der Waals surface area contributed by atoms with Gasteiger partial charge in [0.05, 0.1) is 6.04 Å². The average molecular weight is 407 g/mol. The highest BCUT2D eigenvalue weighted by atomic mass is 32.2. The molecule has 1 unspecified atom stereocenters. The molecule has 5 nitrogen and oxygen atoms in total. The van der Waals surface area contributed by atoms with Crippen LogP contribution in [-0.4, -0.2) is 20.7 Å². The van der Waals surface area contributed by atoms with Crippen LogP contribution in [-0.2, 0) is 12.3 Å². The monoisotopic (exact) mass is 406 g/mol. The van der Waals surface area contributed by atoms with Gasteiger partial charge in [-0.1, -0.05) is 80.2 Å². The van der Waals surface area contributed by atoms with Crippen LogP contribution in [0.3, 0.4) is 0 Å². The molecule has 0 saturated carbocycles. The topological polar surface area (TPSA) is 59.8 Å². The average Bonchev–Trinajstić information content (AvgIpc) is 3.14. The van der Waals surface area contributed by atoms with Crippen molar-refractivity contribution >= 4 is 17.7 Å². The summed E-state index contributed by atoms with van der Waals surface area (Å²) in [6.45, 7) is 8.60. The first-order valence-electron chi connectivity index (χ1n) is 9.66. The van der Waals surface area contributed by atoms with Crippen molar-refractivity contribution in [3.8, 4) is 0 Å². The molecule has 1 N–H and O–H groups in total. The quantitative estimate of drug-likeness (QED) is 0.406. The fraction of sp³-hybridized carbons (Fsp3) is 0.261. The highest BCUT2D eigenvalue weighted by molar-refractivity contribution is 7.98. The highest BCUT2D eigenvalue weighted by Gasteiger charge is 2.26. The van der Waals surface area contributed by atoms with Crippen LogP contribution in [0.25, 0.3) is 0 Å². The molecule has 1 heterocycles. The predicted molar refractivity (Wildman–Crippen MR) is 118 cm³/mol. The van der Waals surface area contributed by atoms with Gasteiger partial charge in [0.1, 0.15) is 0 Å². The van der Waals surface area contributed by atoms with Gasteiger partial charge in [-0.15, -0.1) is 16.8 Å². The SMILES string of the molecule is C=CCn1c(SCc2ccccc2)nnc1C(NC(=O)c1ccccc1)C(C)C. The minimum Gasteiger partial charge on any atom is -0.342 e. The summed E-state index contributed by atoms with van der Waals surface area (Å²) in [4.78, 5) is 12.7. The van der Waals surface area contributed by atoms with Crippen molar-refractivity contribution in [2.24, 2.45) is 5.92 Å². The van der Waals surface area contributed by atoms with Crippen molar-refractivity contribution in [2.45, 2.75) is 37.3 Å². The van der Waals surface area contributed by atoms with E-state index in [9.17, 15) is 4.79 Å². The van der Waals surface area contributed by atoms with E-state index < -0.39 is 0 Å². The molecule has 0 fully saturated rings.